The Morgan fingerprint density at radius 3 is 2.68 bits per heavy atom. The van der Waals surface area contributed by atoms with Gasteiger partial charge < -0.3 is 4.57 Å². The second kappa shape index (κ2) is 5.75. The van der Waals surface area contributed by atoms with E-state index < -0.39 is 0 Å². The average Bonchev–Trinajstić information content (AvgIpc) is 2.92. The van der Waals surface area contributed by atoms with Gasteiger partial charge in [-0.25, -0.2) is 4.98 Å². The molecule has 4 heteroatoms. The fraction of sp³-hybridized carbons (Fsp3) is 0.278. The highest BCUT2D eigenvalue weighted by atomic mass is 35.5. The molecular weight excluding hydrogens is 294 g/mol. The second-order valence-electron chi connectivity index (χ2n) is 5.82. The van der Waals surface area contributed by atoms with Crippen molar-refractivity contribution < 1.29 is 0 Å². The van der Waals surface area contributed by atoms with Gasteiger partial charge in [-0.05, 0) is 36.2 Å². The van der Waals surface area contributed by atoms with Gasteiger partial charge in [-0.3, -0.25) is 4.90 Å². The highest BCUT2D eigenvalue weighted by Gasteiger charge is 2.19. The van der Waals surface area contributed by atoms with E-state index in [9.17, 15) is 0 Å². The maximum Gasteiger partial charge on any atom is 0.124 e. The topological polar surface area (TPSA) is 21.1 Å². The molecule has 0 unspecified atom stereocenters. The van der Waals surface area contributed by atoms with Crippen LogP contribution in [0.4, 0.5) is 0 Å². The summed E-state index contributed by atoms with van der Waals surface area (Å²) in [4.78, 5) is 7.26. The van der Waals surface area contributed by atoms with Gasteiger partial charge in [0.05, 0.1) is 17.6 Å². The molecule has 2 heterocycles. The van der Waals surface area contributed by atoms with Gasteiger partial charge in [0, 0.05) is 24.7 Å². The van der Waals surface area contributed by atoms with Crippen LogP contribution in [0.1, 0.15) is 11.4 Å². The number of para-hydroxylation sites is 2. The summed E-state index contributed by atoms with van der Waals surface area (Å²) in [6.45, 7) is 4.10. The van der Waals surface area contributed by atoms with Crippen LogP contribution in [-0.2, 0) is 19.5 Å². The van der Waals surface area contributed by atoms with Crippen LogP contribution in [0.2, 0.25) is 5.02 Å². The summed E-state index contributed by atoms with van der Waals surface area (Å²) in [6, 6.07) is 16.6. The van der Waals surface area contributed by atoms with Crippen molar-refractivity contribution in [3.05, 3.63) is 64.9 Å². The van der Waals surface area contributed by atoms with Gasteiger partial charge >= 0.3 is 0 Å². The van der Waals surface area contributed by atoms with Crippen molar-refractivity contribution in [3.8, 4) is 0 Å². The van der Waals surface area contributed by atoms with Gasteiger partial charge in [0.25, 0.3) is 0 Å². The van der Waals surface area contributed by atoms with Crippen molar-refractivity contribution in [3.63, 3.8) is 0 Å². The first-order valence-electron chi connectivity index (χ1n) is 7.70. The Morgan fingerprint density at radius 1 is 1.00 bits per heavy atom. The lowest BCUT2D eigenvalue weighted by molar-refractivity contribution is 0.222. The predicted molar refractivity (Wildman–Crippen MR) is 90.2 cm³/mol. The summed E-state index contributed by atoms with van der Waals surface area (Å²) in [7, 11) is 0. The minimum absolute atomic E-state index is 0.801. The molecule has 0 atom stereocenters. The molecule has 0 saturated heterocycles. The molecule has 22 heavy (non-hydrogen) atoms. The fourth-order valence-electron chi connectivity index (χ4n) is 3.15. The van der Waals surface area contributed by atoms with Crippen LogP contribution >= 0.6 is 11.6 Å². The highest BCUT2D eigenvalue weighted by Crippen LogP contribution is 2.20. The highest BCUT2D eigenvalue weighted by molar-refractivity contribution is 6.30. The largest absolute Gasteiger partial charge is 0.326 e. The van der Waals surface area contributed by atoms with Crippen molar-refractivity contribution in [1.29, 1.82) is 0 Å². The summed E-state index contributed by atoms with van der Waals surface area (Å²) < 4.78 is 2.36. The molecule has 0 bridgehead atoms. The fourth-order valence-corrected chi connectivity index (χ4v) is 3.27. The molecule has 1 aliphatic heterocycles. The first kappa shape index (κ1) is 13.8. The number of hydrogen-bond acceptors (Lipinski definition) is 2. The van der Waals surface area contributed by atoms with E-state index in [1.807, 2.05) is 12.1 Å². The first-order valence-corrected chi connectivity index (χ1v) is 8.08. The molecule has 1 aromatic heterocycles. The SMILES string of the molecule is Clc1ccc(CCN2CCn3c(nc4ccccc43)C2)cc1. The monoisotopic (exact) mass is 311 g/mol. The van der Waals surface area contributed by atoms with Crippen LogP contribution in [0.3, 0.4) is 0 Å². The molecule has 0 aliphatic carbocycles. The average molecular weight is 312 g/mol. The molecule has 0 amide bonds. The van der Waals surface area contributed by atoms with E-state index in [2.05, 4.69) is 45.9 Å². The summed E-state index contributed by atoms with van der Waals surface area (Å²) in [5, 5.41) is 0.801. The van der Waals surface area contributed by atoms with Crippen LogP contribution < -0.4 is 0 Å². The van der Waals surface area contributed by atoms with Crippen LogP contribution in [0.25, 0.3) is 11.0 Å². The number of aromatic nitrogens is 2. The maximum atomic E-state index is 5.93. The molecule has 1 aliphatic rings. The summed E-state index contributed by atoms with van der Waals surface area (Å²) >= 11 is 5.93. The molecule has 4 rings (SSSR count). The number of halogens is 1. The van der Waals surface area contributed by atoms with E-state index in [-0.39, 0.29) is 0 Å². The summed E-state index contributed by atoms with van der Waals surface area (Å²) in [6.07, 6.45) is 1.05. The van der Waals surface area contributed by atoms with Gasteiger partial charge in [-0.1, -0.05) is 35.9 Å². The molecule has 0 N–H and O–H groups in total. The van der Waals surface area contributed by atoms with Gasteiger partial charge in [0.2, 0.25) is 0 Å². The number of imidazole rings is 1. The van der Waals surface area contributed by atoms with Crippen molar-refractivity contribution in [2.45, 2.75) is 19.5 Å². The quantitative estimate of drug-likeness (QED) is 0.734. The maximum absolute atomic E-state index is 5.93. The molecule has 0 saturated carbocycles. The van der Waals surface area contributed by atoms with Gasteiger partial charge in [0.15, 0.2) is 0 Å². The van der Waals surface area contributed by atoms with E-state index in [1.54, 1.807) is 0 Å². The third-order valence-electron chi connectivity index (χ3n) is 4.37. The van der Waals surface area contributed by atoms with E-state index in [4.69, 9.17) is 16.6 Å². The number of nitrogens with zero attached hydrogens (tertiary/aromatic N) is 3. The standard InChI is InChI=1S/C18H18ClN3/c19-15-7-5-14(6-8-15)9-10-21-11-12-22-17-4-2-1-3-16(17)20-18(22)13-21/h1-8H,9-13H2. The minimum Gasteiger partial charge on any atom is -0.326 e. The lowest BCUT2D eigenvalue weighted by Gasteiger charge is -2.27. The molecular formula is C18H18ClN3. The van der Waals surface area contributed by atoms with E-state index in [1.165, 1.54) is 16.9 Å². The molecule has 0 radical (unpaired) electrons. The lowest BCUT2D eigenvalue weighted by Crippen LogP contribution is -2.35. The molecule has 3 aromatic rings. The van der Waals surface area contributed by atoms with Crippen molar-refractivity contribution in [1.82, 2.24) is 14.5 Å². The van der Waals surface area contributed by atoms with Gasteiger partial charge in [-0.2, -0.15) is 0 Å². The van der Waals surface area contributed by atoms with Crippen LogP contribution in [-0.4, -0.2) is 27.5 Å². The van der Waals surface area contributed by atoms with Crippen LogP contribution in [0.5, 0.6) is 0 Å². The molecule has 3 nitrogen and oxygen atoms in total. The van der Waals surface area contributed by atoms with Crippen LogP contribution in [0.15, 0.2) is 48.5 Å². The Kier molecular flexibility index (Phi) is 3.60. The van der Waals surface area contributed by atoms with E-state index >= 15 is 0 Å². The zero-order chi connectivity index (χ0) is 14.9. The zero-order valence-electron chi connectivity index (χ0n) is 12.4. The number of hydrogen-bond donors (Lipinski definition) is 0. The molecule has 0 spiro atoms. The number of fused-ring (bicyclic) bond motifs is 3. The smallest absolute Gasteiger partial charge is 0.124 e. The molecule has 0 fully saturated rings. The van der Waals surface area contributed by atoms with Crippen molar-refractivity contribution in [2.75, 3.05) is 13.1 Å². The van der Waals surface area contributed by atoms with Crippen LogP contribution in [0, 0.1) is 0 Å². The van der Waals surface area contributed by atoms with Crippen molar-refractivity contribution in [2.24, 2.45) is 0 Å². The zero-order valence-corrected chi connectivity index (χ0v) is 13.1. The Balaban J connectivity index is 1.46. The second-order valence-corrected chi connectivity index (χ2v) is 6.26. The minimum atomic E-state index is 0.801. The Labute approximate surface area is 135 Å². The number of benzene rings is 2. The van der Waals surface area contributed by atoms with Gasteiger partial charge in [0.1, 0.15) is 5.82 Å². The Bertz CT molecular complexity index is 792. The normalized spacial score (nSPS) is 15.1. The lowest BCUT2D eigenvalue weighted by atomic mass is 10.1. The van der Waals surface area contributed by atoms with E-state index in [0.29, 0.717) is 0 Å². The third-order valence-corrected chi connectivity index (χ3v) is 4.62. The molecule has 112 valence electrons. The summed E-state index contributed by atoms with van der Waals surface area (Å²) in [5.74, 6) is 1.18. The Hall–Kier alpha value is -1.84. The van der Waals surface area contributed by atoms with E-state index in [0.717, 1.165) is 43.1 Å². The van der Waals surface area contributed by atoms with Gasteiger partial charge in [-0.15, -0.1) is 0 Å². The van der Waals surface area contributed by atoms with Crippen molar-refractivity contribution >= 4 is 22.6 Å². The molecule has 2 aromatic carbocycles. The number of rotatable bonds is 3. The first-order chi connectivity index (χ1) is 10.8. The summed E-state index contributed by atoms with van der Waals surface area (Å²) in [5.41, 5.74) is 3.70. The third kappa shape index (κ3) is 2.62. The Morgan fingerprint density at radius 2 is 1.82 bits per heavy atom. The predicted octanol–water partition coefficient (Wildman–Crippen LogP) is 3.75.